The van der Waals surface area contributed by atoms with Crippen LogP contribution in [0.1, 0.15) is 31.9 Å². The molecule has 0 radical (unpaired) electrons. The average Bonchev–Trinajstić information content (AvgIpc) is 3.03. The van der Waals surface area contributed by atoms with Crippen LogP contribution in [0.15, 0.2) is 10.4 Å². The molecule has 6 nitrogen and oxygen atoms in total. The second-order valence-electron chi connectivity index (χ2n) is 4.61. The molecule has 0 bridgehead atoms. The van der Waals surface area contributed by atoms with Crippen molar-refractivity contribution in [1.82, 2.24) is 20.0 Å². The molecule has 21 heavy (non-hydrogen) atoms. The Morgan fingerprint density at radius 3 is 3.00 bits per heavy atom. The monoisotopic (exact) mass is 326 g/mol. The van der Waals surface area contributed by atoms with Gasteiger partial charge in [0, 0.05) is 18.0 Å². The number of carbonyl (C=O) groups is 1. The van der Waals surface area contributed by atoms with E-state index >= 15 is 0 Å². The average molecular weight is 326 g/mol. The van der Waals surface area contributed by atoms with Crippen molar-refractivity contribution in [2.45, 2.75) is 44.0 Å². The number of carboxylic acid groups (broad SMARTS) is 1. The molecule has 0 saturated heterocycles. The van der Waals surface area contributed by atoms with Crippen molar-refractivity contribution in [3.8, 4) is 10.7 Å². The van der Waals surface area contributed by atoms with E-state index in [0.29, 0.717) is 5.75 Å². The van der Waals surface area contributed by atoms with Crippen molar-refractivity contribution in [3.63, 3.8) is 0 Å². The van der Waals surface area contributed by atoms with Gasteiger partial charge in [0.2, 0.25) is 0 Å². The van der Waals surface area contributed by atoms with Gasteiger partial charge in [0.15, 0.2) is 9.35 Å². The van der Waals surface area contributed by atoms with Crippen LogP contribution < -0.4 is 0 Å². The number of rotatable bonds is 8. The zero-order valence-electron chi connectivity index (χ0n) is 12.1. The number of hydrogen-bond acceptors (Lipinski definition) is 6. The first-order chi connectivity index (χ1) is 10.1. The molecule has 0 spiro atoms. The zero-order chi connectivity index (χ0) is 15.2. The van der Waals surface area contributed by atoms with Gasteiger partial charge in [0.1, 0.15) is 5.69 Å². The minimum Gasteiger partial charge on any atom is -0.481 e. The molecule has 0 aliphatic rings. The van der Waals surface area contributed by atoms with E-state index in [2.05, 4.69) is 22.2 Å². The van der Waals surface area contributed by atoms with Crippen molar-refractivity contribution in [2.24, 2.45) is 0 Å². The summed E-state index contributed by atoms with van der Waals surface area (Å²) in [6.07, 6.45) is 2.37. The Morgan fingerprint density at radius 2 is 2.29 bits per heavy atom. The van der Waals surface area contributed by atoms with E-state index in [1.165, 1.54) is 23.1 Å². The topological polar surface area (TPSA) is 80.9 Å². The molecule has 0 aliphatic carbocycles. The van der Waals surface area contributed by atoms with Crippen molar-refractivity contribution in [3.05, 3.63) is 11.8 Å². The second kappa shape index (κ2) is 7.56. The summed E-state index contributed by atoms with van der Waals surface area (Å²) in [4.78, 5) is 10.5. The predicted molar refractivity (Wildman–Crippen MR) is 83.8 cm³/mol. The molecule has 114 valence electrons. The fraction of sp³-hybridized carbons (Fsp3) is 0.538. The summed E-state index contributed by atoms with van der Waals surface area (Å²) in [5.41, 5.74) is 1.96. The lowest BCUT2D eigenvalue weighted by atomic mass is 10.3. The van der Waals surface area contributed by atoms with E-state index in [0.717, 1.165) is 40.1 Å². The van der Waals surface area contributed by atoms with E-state index in [-0.39, 0.29) is 6.42 Å². The van der Waals surface area contributed by atoms with Crippen LogP contribution >= 0.6 is 23.1 Å². The number of hydrogen-bond donors (Lipinski definition) is 1. The quantitative estimate of drug-likeness (QED) is 0.751. The molecule has 2 rings (SSSR count). The Morgan fingerprint density at radius 1 is 1.48 bits per heavy atom. The molecular weight excluding hydrogens is 308 g/mol. The molecule has 0 atom stereocenters. The highest BCUT2D eigenvalue weighted by molar-refractivity contribution is 8.01. The molecule has 2 aromatic rings. The standard InChI is InChI=1S/C13H18N4O2S2/c1-3-4-6-17-9(2)8-10(16-17)12-14-15-13(21-12)20-7-5-11(18)19/h8H,3-7H2,1-2H3,(H,18,19). The number of nitrogens with zero attached hydrogens (tertiary/aromatic N) is 4. The Labute approximate surface area is 131 Å². The summed E-state index contributed by atoms with van der Waals surface area (Å²) in [5, 5.41) is 22.2. The molecule has 0 aromatic carbocycles. The summed E-state index contributed by atoms with van der Waals surface area (Å²) in [7, 11) is 0. The first-order valence-corrected chi connectivity index (χ1v) is 8.63. The number of unbranched alkanes of at least 4 members (excludes halogenated alkanes) is 1. The smallest absolute Gasteiger partial charge is 0.304 e. The number of carboxylic acids is 1. The van der Waals surface area contributed by atoms with Gasteiger partial charge in [0.05, 0.1) is 6.42 Å². The van der Waals surface area contributed by atoms with Crippen molar-refractivity contribution in [1.29, 1.82) is 0 Å². The SMILES string of the molecule is CCCCn1nc(-c2nnc(SCCC(=O)O)s2)cc1C. The number of aryl methyl sites for hydroxylation is 2. The van der Waals surface area contributed by atoms with Crippen LogP contribution in [-0.4, -0.2) is 36.8 Å². The lowest BCUT2D eigenvalue weighted by Crippen LogP contribution is -2.01. The normalized spacial score (nSPS) is 11.0. The fourth-order valence-corrected chi connectivity index (χ4v) is 3.55. The first-order valence-electron chi connectivity index (χ1n) is 6.83. The third kappa shape index (κ3) is 4.53. The zero-order valence-corrected chi connectivity index (χ0v) is 13.7. The molecule has 2 aromatic heterocycles. The summed E-state index contributed by atoms with van der Waals surface area (Å²) in [5.74, 6) is -0.286. The molecule has 0 saturated carbocycles. The van der Waals surface area contributed by atoms with Gasteiger partial charge in [-0.15, -0.1) is 10.2 Å². The molecule has 0 unspecified atom stereocenters. The van der Waals surface area contributed by atoms with Crippen LogP contribution in [0, 0.1) is 6.92 Å². The summed E-state index contributed by atoms with van der Waals surface area (Å²) in [6.45, 7) is 5.11. The lowest BCUT2D eigenvalue weighted by molar-refractivity contribution is -0.136. The predicted octanol–water partition coefficient (Wildman–Crippen LogP) is 3.08. The fourth-order valence-electron chi connectivity index (χ4n) is 1.75. The maximum absolute atomic E-state index is 10.5. The van der Waals surface area contributed by atoms with E-state index < -0.39 is 5.97 Å². The van der Waals surface area contributed by atoms with E-state index in [9.17, 15) is 4.79 Å². The molecule has 0 amide bonds. The minimum absolute atomic E-state index is 0.129. The Balaban J connectivity index is 2.02. The van der Waals surface area contributed by atoms with Gasteiger partial charge in [-0.1, -0.05) is 36.4 Å². The van der Waals surface area contributed by atoms with Crippen LogP contribution in [0.4, 0.5) is 0 Å². The van der Waals surface area contributed by atoms with Crippen molar-refractivity contribution in [2.75, 3.05) is 5.75 Å². The highest BCUT2D eigenvalue weighted by Crippen LogP contribution is 2.29. The van der Waals surface area contributed by atoms with Crippen LogP contribution in [0.3, 0.4) is 0 Å². The first kappa shape index (κ1) is 16.0. The molecule has 1 N–H and O–H groups in total. The summed E-state index contributed by atoms with van der Waals surface area (Å²) in [6, 6.07) is 2.02. The maximum Gasteiger partial charge on any atom is 0.304 e. The van der Waals surface area contributed by atoms with Crippen LogP contribution in [0.25, 0.3) is 10.7 Å². The van der Waals surface area contributed by atoms with Gasteiger partial charge in [-0.05, 0) is 19.4 Å². The van der Waals surface area contributed by atoms with Gasteiger partial charge in [-0.25, -0.2) is 0 Å². The molecule has 0 aliphatic heterocycles. The van der Waals surface area contributed by atoms with E-state index in [4.69, 9.17) is 5.11 Å². The van der Waals surface area contributed by atoms with Crippen molar-refractivity contribution >= 4 is 29.1 Å². The third-order valence-corrected chi connectivity index (χ3v) is 4.95. The highest BCUT2D eigenvalue weighted by Gasteiger charge is 2.12. The Bertz CT molecular complexity index is 609. The number of thioether (sulfide) groups is 1. The van der Waals surface area contributed by atoms with Gasteiger partial charge in [-0.2, -0.15) is 5.10 Å². The van der Waals surface area contributed by atoms with Crippen LogP contribution in [0.5, 0.6) is 0 Å². The maximum atomic E-state index is 10.5. The minimum atomic E-state index is -0.794. The summed E-state index contributed by atoms with van der Waals surface area (Å²) < 4.78 is 2.78. The summed E-state index contributed by atoms with van der Waals surface area (Å²) >= 11 is 2.87. The number of aromatic nitrogens is 4. The van der Waals surface area contributed by atoms with Crippen LogP contribution in [-0.2, 0) is 11.3 Å². The largest absolute Gasteiger partial charge is 0.481 e. The lowest BCUT2D eigenvalue weighted by Gasteiger charge is -2.01. The van der Waals surface area contributed by atoms with Gasteiger partial charge >= 0.3 is 5.97 Å². The Kier molecular flexibility index (Phi) is 5.75. The van der Waals surface area contributed by atoms with Gasteiger partial charge in [0.25, 0.3) is 0 Å². The molecule has 2 heterocycles. The Hall–Kier alpha value is -1.41. The van der Waals surface area contributed by atoms with Crippen LogP contribution in [0.2, 0.25) is 0 Å². The molecule has 0 fully saturated rings. The number of aliphatic carboxylic acids is 1. The van der Waals surface area contributed by atoms with E-state index in [1.807, 2.05) is 17.7 Å². The molecule has 8 heteroatoms. The van der Waals surface area contributed by atoms with Gasteiger partial charge in [-0.3, -0.25) is 9.48 Å². The second-order valence-corrected chi connectivity index (χ2v) is 6.93. The third-order valence-electron chi connectivity index (χ3n) is 2.87. The highest BCUT2D eigenvalue weighted by atomic mass is 32.2. The van der Waals surface area contributed by atoms with Crippen molar-refractivity contribution < 1.29 is 9.90 Å². The molecular formula is C13H18N4O2S2. The van der Waals surface area contributed by atoms with E-state index in [1.54, 1.807) is 0 Å². The van der Waals surface area contributed by atoms with Gasteiger partial charge < -0.3 is 5.11 Å².